The Morgan fingerprint density at radius 2 is 1.56 bits per heavy atom. The van der Waals surface area contributed by atoms with E-state index in [0.717, 1.165) is 12.8 Å². The van der Waals surface area contributed by atoms with E-state index in [0.29, 0.717) is 17.8 Å². The molecule has 0 bridgehead atoms. The second-order valence-corrected chi connectivity index (χ2v) is 5.61. The van der Waals surface area contributed by atoms with Crippen LogP contribution in [0.2, 0.25) is 0 Å². The van der Waals surface area contributed by atoms with Crippen LogP contribution in [0.3, 0.4) is 0 Å². The van der Waals surface area contributed by atoms with Crippen molar-refractivity contribution in [3.63, 3.8) is 0 Å². The van der Waals surface area contributed by atoms with Gasteiger partial charge in [-0.3, -0.25) is 0 Å². The van der Waals surface area contributed by atoms with E-state index in [4.69, 9.17) is 0 Å². The summed E-state index contributed by atoms with van der Waals surface area (Å²) in [4.78, 5) is 0. The fourth-order valence-corrected chi connectivity index (χ4v) is 2.07. The van der Waals surface area contributed by atoms with Crippen LogP contribution in [0.25, 0.3) is 0 Å². The third kappa shape index (κ3) is 6.32. The molecule has 0 spiro atoms. The van der Waals surface area contributed by atoms with Crippen molar-refractivity contribution in [3.8, 4) is 0 Å². The molecule has 1 nitrogen and oxygen atoms in total. The van der Waals surface area contributed by atoms with E-state index in [1.807, 2.05) is 0 Å². The highest BCUT2D eigenvalue weighted by Gasteiger charge is 2.15. The maximum Gasteiger partial charge on any atom is 0.0563 e. The van der Waals surface area contributed by atoms with Crippen LogP contribution < -0.4 is 0 Å². The third-order valence-corrected chi connectivity index (χ3v) is 3.65. The molecule has 0 aromatic carbocycles. The van der Waals surface area contributed by atoms with E-state index < -0.39 is 0 Å². The zero-order valence-corrected chi connectivity index (χ0v) is 12.0. The molecule has 0 amide bonds. The van der Waals surface area contributed by atoms with E-state index >= 15 is 0 Å². The van der Waals surface area contributed by atoms with Crippen LogP contribution in [0, 0.1) is 17.8 Å². The van der Waals surface area contributed by atoms with Gasteiger partial charge in [-0.2, -0.15) is 0 Å². The van der Waals surface area contributed by atoms with Gasteiger partial charge in [-0.15, -0.1) is 0 Å². The second kappa shape index (κ2) is 7.89. The lowest BCUT2D eigenvalue weighted by atomic mass is 9.86. The molecule has 2 unspecified atom stereocenters. The Morgan fingerprint density at radius 3 is 2.00 bits per heavy atom. The van der Waals surface area contributed by atoms with Gasteiger partial charge in [-0.05, 0) is 50.9 Å². The zero-order valence-electron chi connectivity index (χ0n) is 12.0. The highest BCUT2D eigenvalue weighted by atomic mass is 16.3. The van der Waals surface area contributed by atoms with Gasteiger partial charge in [0.25, 0.3) is 0 Å². The molecule has 0 radical (unpaired) electrons. The first-order valence-electron chi connectivity index (χ1n) is 6.71. The predicted octanol–water partition coefficient (Wildman–Crippen LogP) is 4.41. The fourth-order valence-electron chi connectivity index (χ4n) is 2.07. The Kier molecular flexibility index (Phi) is 7.74. The second-order valence-electron chi connectivity index (χ2n) is 5.61. The molecule has 96 valence electrons. The maximum atomic E-state index is 9.71. The summed E-state index contributed by atoms with van der Waals surface area (Å²) < 4.78 is 0. The number of hydrogen-bond acceptors (Lipinski definition) is 1. The predicted molar refractivity (Wildman–Crippen MR) is 72.5 cm³/mol. The first-order chi connectivity index (χ1) is 7.38. The number of rotatable bonds is 7. The summed E-state index contributed by atoms with van der Waals surface area (Å²) in [5, 5.41) is 9.71. The molecule has 0 heterocycles. The lowest BCUT2D eigenvalue weighted by molar-refractivity contribution is 0.103. The Bertz CT molecular complexity index is 203. The minimum atomic E-state index is -0.119. The van der Waals surface area contributed by atoms with Gasteiger partial charge < -0.3 is 5.11 Å². The number of hydrogen-bond donors (Lipinski definition) is 1. The molecule has 16 heavy (non-hydrogen) atoms. The van der Waals surface area contributed by atoms with Crippen molar-refractivity contribution >= 4 is 0 Å². The van der Waals surface area contributed by atoms with Gasteiger partial charge in [0.1, 0.15) is 0 Å². The van der Waals surface area contributed by atoms with Gasteiger partial charge in [0, 0.05) is 0 Å². The van der Waals surface area contributed by atoms with E-state index in [2.05, 4.69) is 47.6 Å². The van der Waals surface area contributed by atoms with Crippen molar-refractivity contribution in [1.82, 2.24) is 0 Å². The molecule has 0 rings (SSSR count). The first-order valence-corrected chi connectivity index (χ1v) is 6.71. The van der Waals surface area contributed by atoms with Gasteiger partial charge in [-0.25, -0.2) is 0 Å². The topological polar surface area (TPSA) is 20.2 Å². The van der Waals surface area contributed by atoms with Crippen LogP contribution >= 0.6 is 0 Å². The minimum absolute atomic E-state index is 0.119. The monoisotopic (exact) mass is 226 g/mol. The molecule has 0 aliphatic rings. The highest BCUT2D eigenvalue weighted by Crippen LogP contribution is 2.23. The van der Waals surface area contributed by atoms with Crippen molar-refractivity contribution in [2.24, 2.45) is 17.8 Å². The van der Waals surface area contributed by atoms with Crippen molar-refractivity contribution < 1.29 is 5.11 Å². The summed E-state index contributed by atoms with van der Waals surface area (Å²) in [5.74, 6) is 1.80. The van der Waals surface area contributed by atoms with Gasteiger partial charge in [-0.1, -0.05) is 39.3 Å². The van der Waals surface area contributed by atoms with Crippen LogP contribution in [0.4, 0.5) is 0 Å². The molecule has 4 atom stereocenters. The van der Waals surface area contributed by atoms with Crippen molar-refractivity contribution in [3.05, 3.63) is 11.6 Å². The summed E-state index contributed by atoms with van der Waals surface area (Å²) in [6.45, 7) is 13.1. The quantitative estimate of drug-likeness (QED) is 0.637. The summed E-state index contributed by atoms with van der Waals surface area (Å²) >= 11 is 0. The molecule has 0 saturated heterocycles. The van der Waals surface area contributed by atoms with Gasteiger partial charge in [0.15, 0.2) is 0 Å². The molecule has 1 heteroatoms. The van der Waals surface area contributed by atoms with Crippen LogP contribution in [-0.4, -0.2) is 11.2 Å². The van der Waals surface area contributed by atoms with Crippen LogP contribution in [0.1, 0.15) is 60.8 Å². The molecule has 0 fully saturated rings. The fraction of sp³-hybridized carbons (Fsp3) is 0.867. The third-order valence-electron chi connectivity index (χ3n) is 3.65. The van der Waals surface area contributed by atoms with Crippen LogP contribution in [-0.2, 0) is 0 Å². The zero-order chi connectivity index (χ0) is 12.7. The molecule has 0 aliphatic heterocycles. The molecular weight excluding hydrogens is 196 g/mol. The Labute approximate surface area is 102 Å². The largest absolute Gasteiger partial charge is 0.393 e. The number of aliphatic hydroxyl groups excluding tert-OH is 1. The average Bonchev–Trinajstić information content (AvgIpc) is 2.23. The first kappa shape index (κ1) is 15.7. The molecule has 0 aromatic rings. The van der Waals surface area contributed by atoms with Crippen LogP contribution in [0.5, 0.6) is 0 Å². The van der Waals surface area contributed by atoms with Gasteiger partial charge in [0.05, 0.1) is 6.10 Å². The average molecular weight is 226 g/mol. The maximum absolute atomic E-state index is 9.71. The molecule has 1 N–H and O–H groups in total. The summed E-state index contributed by atoms with van der Waals surface area (Å²) in [5.41, 5.74) is 1.40. The summed E-state index contributed by atoms with van der Waals surface area (Å²) in [6, 6.07) is 0. The normalized spacial score (nSPS) is 18.7. The molecular formula is C15H30O. The Hall–Kier alpha value is -0.300. The highest BCUT2D eigenvalue weighted by molar-refractivity contribution is 4.97. The summed E-state index contributed by atoms with van der Waals surface area (Å²) in [7, 11) is 0. The Morgan fingerprint density at radius 1 is 1.06 bits per heavy atom. The smallest absolute Gasteiger partial charge is 0.0563 e. The van der Waals surface area contributed by atoms with Crippen molar-refractivity contribution in [2.75, 3.05) is 0 Å². The minimum Gasteiger partial charge on any atom is -0.393 e. The van der Waals surface area contributed by atoms with Crippen molar-refractivity contribution in [1.29, 1.82) is 0 Å². The lowest BCUT2D eigenvalue weighted by Gasteiger charge is -2.22. The lowest BCUT2D eigenvalue weighted by Crippen LogP contribution is -2.18. The molecule has 0 aromatic heterocycles. The van der Waals surface area contributed by atoms with E-state index in [-0.39, 0.29) is 6.10 Å². The summed E-state index contributed by atoms with van der Waals surface area (Å²) in [6.07, 6.45) is 5.45. The van der Waals surface area contributed by atoms with Gasteiger partial charge in [0.2, 0.25) is 0 Å². The van der Waals surface area contributed by atoms with Crippen LogP contribution in [0.15, 0.2) is 11.6 Å². The number of allylic oxidation sites excluding steroid dienone is 2. The molecule has 0 aliphatic carbocycles. The number of aliphatic hydroxyl groups is 1. The van der Waals surface area contributed by atoms with E-state index in [1.54, 1.807) is 0 Å². The van der Waals surface area contributed by atoms with Crippen molar-refractivity contribution in [2.45, 2.75) is 66.9 Å². The van der Waals surface area contributed by atoms with E-state index in [1.165, 1.54) is 12.0 Å². The Balaban J connectivity index is 3.97. The molecule has 0 saturated carbocycles. The van der Waals surface area contributed by atoms with E-state index in [9.17, 15) is 5.11 Å². The SMILES string of the molecule is CC[C@H](O)[C@@H](C)CCC(C)C(C)C=C(C)C. The standard InChI is InChI=1S/C15H30O/c1-7-15(16)13(5)9-8-12(4)14(6)10-11(2)3/h10,12-16H,7-9H2,1-6H3/t12?,13-,14?,15-/m0/s1. The van der Waals surface area contributed by atoms with Gasteiger partial charge >= 0.3 is 0 Å².